The molecule has 7 heteroatoms. The fraction of sp³-hybridized carbons (Fsp3) is 0.409. The highest BCUT2D eigenvalue weighted by Gasteiger charge is 2.32. The topological polar surface area (TPSA) is 36.8 Å². The number of carbonyl (C=O) groups excluding carboxylic acids is 1. The summed E-state index contributed by atoms with van der Waals surface area (Å²) in [5.41, 5.74) is 2.84. The molecule has 0 aliphatic carbocycles. The van der Waals surface area contributed by atoms with Crippen molar-refractivity contribution in [1.29, 1.82) is 0 Å². The first-order chi connectivity index (χ1) is 13.7. The molecule has 0 radical (unpaired) electrons. The van der Waals surface area contributed by atoms with Gasteiger partial charge in [-0.25, -0.2) is 0 Å². The number of hydrogen-bond acceptors (Lipinski definition) is 2. The van der Waals surface area contributed by atoms with Crippen molar-refractivity contribution in [3.63, 3.8) is 0 Å². The molecule has 1 aliphatic heterocycles. The molecule has 3 rings (SSSR count). The maximum atomic E-state index is 13.0. The molecule has 0 bridgehead atoms. The number of rotatable bonds is 4. The van der Waals surface area contributed by atoms with Gasteiger partial charge in [0.2, 0.25) is 0 Å². The van der Waals surface area contributed by atoms with Gasteiger partial charge in [0, 0.05) is 11.4 Å². The summed E-state index contributed by atoms with van der Waals surface area (Å²) in [6, 6.07) is 11.1. The summed E-state index contributed by atoms with van der Waals surface area (Å²) in [6.07, 6.45) is -4.34. The van der Waals surface area contributed by atoms with Crippen LogP contribution in [0.4, 0.5) is 24.5 Å². The lowest BCUT2D eigenvalue weighted by atomic mass is 10.1. The molecule has 1 aliphatic rings. The number of benzene rings is 2. The van der Waals surface area contributed by atoms with Gasteiger partial charge in [-0.05, 0) is 50.1 Å². The van der Waals surface area contributed by atoms with Crippen molar-refractivity contribution in [2.45, 2.75) is 33.0 Å². The first kappa shape index (κ1) is 21.2. The highest BCUT2D eigenvalue weighted by molar-refractivity contribution is 5.95. The lowest BCUT2D eigenvalue weighted by molar-refractivity contribution is -0.914. The minimum atomic E-state index is -4.34. The zero-order valence-corrected chi connectivity index (χ0v) is 16.9. The molecule has 0 unspecified atom stereocenters. The minimum Gasteiger partial charge on any atom is -0.360 e. The maximum Gasteiger partial charge on any atom is 0.416 e. The van der Waals surface area contributed by atoms with Crippen LogP contribution in [0.25, 0.3) is 0 Å². The predicted octanol–water partition coefficient (Wildman–Crippen LogP) is 3.05. The first-order valence-electron chi connectivity index (χ1n) is 9.80. The molecule has 1 fully saturated rings. The van der Waals surface area contributed by atoms with Crippen LogP contribution in [-0.4, -0.2) is 38.1 Å². The molecule has 0 saturated carbocycles. The molecule has 0 spiro atoms. The van der Waals surface area contributed by atoms with Crippen LogP contribution in [-0.2, 0) is 11.0 Å². The molecule has 4 nitrogen and oxygen atoms in total. The van der Waals surface area contributed by atoms with Gasteiger partial charge >= 0.3 is 6.18 Å². The van der Waals surface area contributed by atoms with E-state index in [2.05, 4.69) is 5.32 Å². The number of nitrogens with one attached hydrogen (secondary N) is 2. The van der Waals surface area contributed by atoms with Crippen LogP contribution in [0.15, 0.2) is 42.5 Å². The monoisotopic (exact) mass is 406 g/mol. The number of quaternary nitrogens is 1. The van der Waals surface area contributed by atoms with Crippen molar-refractivity contribution >= 4 is 17.3 Å². The van der Waals surface area contributed by atoms with E-state index in [1.54, 1.807) is 6.07 Å². The molecule has 2 N–H and O–H groups in total. The Balaban J connectivity index is 1.61. The van der Waals surface area contributed by atoms with Crippen molar-refractivity contribution in [3.8, 4) is 0 Å². The summed E-state index contributed by atoms with van der Waals surface area (Å²) in [5, 5.41) is 3.04. The van der Waals surface area contributed by atoms with Gasteiger partial charge in [0.25, 0.3) is 5.91 Å². The largest absolute Gasteiger partial charge is 0.416 e. The van der Waals surface area contributed by atoms with E-state index in [1.807, 2.05) is 43.9 Å². The fourth-order valence-electron chi connectivity index (χ4n) is 3.79. The Morgan fingerprint density at radius 3 is 2.24 bits per heavy atom. The number of anilines is 2. The van der Waals surface area contributed by atoms with Crippen molar-refractivity contribution in [2.24, 2.45) is 0 Å². The van der Waals surface area contributed by atoms with Gasteiger partial charge < -0.3 is 15.1 Å². The van der Waals surface area contributed by atoms with E-state index in [9.17, 15) is 18.0 Å². The number of hydrogen-bond donors (Lipinski definition) is 2. The highest BCUT2D eigenvalue weighted by Crippen LogP contribution is 2.31. The number of nitrogens with zero attached hydrogens (tertiary/aromatic N) is 1. The Kier molecular flexibility index (Phi) is 6.17. The lowest BCUT2D eigenvalue weighted by Crippen LogP contribution is -3.19. The number of amides is 1. The fourth-order valence-corrected chi connectivity index (χ4v) is 3.79. The standard InChI is InChI=1S/C22H26F3N3O/c1-15-6-4-7-16(2)20(15)26-21(29)17(3)27-10-12-28(13-11-27)19-9-5-8-18(14-19)22(23,24)25/h4-9,14,17H,10-13H2,1-3H3,(H,26,29)/p+1/t17-/m1/s1. The SMILES string of the molecule is Cc1cccc(C)c1NC(=O)[C@@H](C)[NH+]1CCN(c2cccc(C(F)(F)F)c2)CC1. The molecule has 156 valence electrons. The number of alkyl halides is 3. The molecular weight excluding hydrogens is 379 g/mol. The average Bonchev–Trinajstić information content (AvgIpc) is 2.70. The third-order valence-corrected chi connectivity index (χ3v) is 5.68. The Morgan fingerprint density at radius 1 is 1.07 bits per heavy atom. The molecule has 1 heterocycles. The van der Waals surface area contributed by atoms with E-state index in [-0.39, 0.29) is 11.9 Å². The van der Waals surface area contributed by atoms with Crippen LogP contribution < -0.4 is 15.1 Å². The number of halogens is 3. The summed E-state index contributed by atoms with van der Waals surface area (Å²) < 4.78 is 38.9. The minimum absolute atomic E-state index is 0.0371. The normalized spacial score (nSPS) is 16.6. The number of piperazine rings is 1. The van der Waals surface area contributed by atoms with Crippen LogP contribution in [0.3, 0.4) is 0 Å². The van der Waals surface area contributed by atoms with Crippen LogP contribution in [0.1, 0.15) is 23.6 Å². The van der Waals surface area contributed by atoms with E-state index >= 15 is 0 Å². The second-order valence-electron chi connectivity index (χ2n) is 7.67. The molecule has 1 atom stereocenters. The third kappa shape index (κ3) is 4.90. The van der Waals surface area contributed by atoms with Gasteiger partial charge in [0.05, 0.1) is 31.7 Å². The quantitative estimate of drug-likeness (QED) is 0.819. The van der Waals surface area contributed by atoms with Gasteiger partial charge in [0.1, 0.15) is 0 Å². The summed E-state index contributed by atoms with van der Waals surface area (Å²) >= 11 is 0. The van der Waals surface area contributed by atoms with Crippen molar-refractivity contribution < 1.29 is 22.9 Å². The second-order valence-corrected chi connectivity index (χ2v) is 7.67. The predicted molar refractivity (Wildman–Crippen MR) is 108 cm³/mol. The Bertz CT molecular complexity index is 854. The van der Waals surface area contributed by atoms with Crippen LogP contribution in [0.5, 0.6) is 0 Å². The first-order valence-corrected chi connectivity index (χ1v) is 9.80. The van der Waals surface area contributed by atoms with E-state index in [1.165, 1.54) is 12.1 Å². The van der Waals surface area contributed by atoms with E-state index in [0.717, 1.165) is 27.8 Å². The lowest BCUT2D eigenvalue weighted by Gasteiger charge is -2.36. The molecule has 1 saturated heterocycles. The molecule has 2 aromatic carbocycles. The van der Waals surface area contributed by atoms with Crippen molar-refractivity contribution in [2.75, 3.05) is 36.4 Å². The number of para-hydroxylation sites is 1. The van der Waals surface area contributed by atoms with E-state index < -0.39 is 11.7 Å². The van der Waals surface area contributed by atoms with Gasteiger partial charge in [-0.1, -0.05) is 24.3 Å². The number of aryl methyl sites for hydroxylation is 2. The van der Waals surface area contributed by atoms with Crippen molar-refractivity contribution in [1.82, 2.24) is 0 Å². The smallest absolute Gasteiger partial charge is 0.360 e. The summed E-state index contributed by atoms with van der Waals surface area (Å²) in [4.78, 5) is 15.8. The average molecular weight is 406 g/mol. The zero-order valence-electron chi connectivity index (χ0n) is 16.9. The van der Waals surface area contributed by atoms with Gasteiger partial charge in [-0.15, -0.1) is 0 Å². The van der Waals surface area contributed by atoms with Crippen LogP contribution >= 0.6 is 0 Å². The van der Waals surface area contributed by atoms with Crippen LogP contribution in [0, 0.1) is 13.8 Å². The maximum absolute atomic E-state index is 13.0. The summed E-state index contributed by atoms with van der Waals surface area (Å²) in [7, 11) is 0. The second kappa shape index (κ2) is 8.45. The van der Waals surface area contributed by atoms with Crippen LogP contribution in [0.2, 0.25) is 0 Å². The molecular formula is C22H27F3N3O+. The summed E-state index contributed by atoms with van der Waals surface area (Å²) in [6.45, 7) is 8.44. The van der Waals surface area contributed by atoms with Gasteiger partial charge in [-0.2, -0.15) is 13.2 Å². The van der Waals surface area contributed by atoms with E-state index in [0.29, 0.717) is 31.9 Å². The van der Waals surface area contributed by atoms with E-state index in [4.69, 9.17) is 0 Å². The highest BCUT2D eigenvalue weighted by atomic mass is 19.4. The Hall–Kier alpha value is -2.54. The van der Waals surface area contributed by atoms with Gasteiger partial charge in [-0.3, -0.25) is 4.79 Å². The van der Waals surface area contributed by atoms with Crippen molar-refractivity contribution in [3.05, 3.63) is 59.2 Å². The Morgan fingerprint density at radius 2 is 1.66 bits per heavy atom. The zero-order chi connectivity index (χ0) is 21.2. The summed E-state index contributed by atoms with van der Waals surface area (Å²) in [5.74, 6) is -0.0371. The molecule has 1 amide bonds. The Labute approximate surface area is 169 Å². The number of carbonyl (C=O) groups is 1. The molecule has 2 aromatic rings. The molecule has 0 aromatic heterocycles. The molecule has 29 heavy (non-hydrogen) atoms. The third-order valence-electron chi connectivity index (χ3n) is 5.68. The van der Waals surface area contributed by atoms with Gasteiger partial charge in [0.15, 0.2) is 6.04 Å².